The summed E-state index contributed by atoms with van der Waals surface area (Å²) in [6, 6.07) is 6.92. The van der Waals surface area contributed by atoms with Crippen molar-refractivity contribution in [3.8, 4) is 5.75 Å². The number of rotatable bonds is 5. The fourth-order valence-corrected chi connectivity index (χ4v) is 1.64. The Balaban J connectivity index is 1.80. The second kappa shape index (κ2) is 6.28. The molecule has 0 saturated carbocycles. The van der Waals surface area contributed by atoms with Gasteiger partial charge in [0.15, 0.2) is 12.4 Å². The molecule has 0 saturated heterocycles. The van der Waals surface area contributed by atoms with Crippen molar-refractivity contribution >= 4 is 21.8 Å². The molecule has 1 atom stereocenters. The highest BCUT2D eigenvalue weighted by Gasteiger charge is 2.13. The third-order valence-corrected chi connectivity index (χ3v) is 2.84. The minimum absolute atomic E-state index is 0.0657. The summed E-state index contributed by atoms with van der Waals surface area (Å²) in [7, 11) is 0. The quantitative estimate of drug-likeness (QED) is 0.862. The first-order valence-corrected chi connectivity index (χ1v) is 6.35. The van der Waals surface area contributed by atoms with Gasteiger partial charge in [0.2, 0.25) is 0 Å². The molecule has 1 aromatic heterocycles. The number of amides is 1. The van der Waals surface area contributed by atoms with E-state index in [4.69, 9.17) is 4.74 Å². The lowest BCUT2D eigenvalue weighted by atomic mass is 10.3. The van der Waals surface area contributed by atoms with Gasteiger partial charge in [0.25, 0.3) is 5.91 Å². The molecule has 0 aliphatic rings. The highest BCUT2D eigenvalue weighted by molar-refractivity contribution is 9.10. The molecule has 100 valence electrons. The first kappa shape index (κ1) is 13.5. The molecular weight excluding hydrogens is 314 g/mol. The molecule has 0 radical (unpaired) electrons. The van der Waals surface area contributed by atoms with Crippen molar-refractivity contribution in [2.75, 3.05) is 6.61 Å². The maximum atomic E-state index is 11.7. The van der Waals surface area contributed by atoms with E-state index in [9.17, 15) is 4.79 Å². The molecule has 0 aliphatic carbocycles. The number of nitrogens with one attached hydrogen (secondary N) is 2. The number of aromatic amines is 1. The normalized spacial score (nSPS) is 11.9. The third kappa shape index (κ3) is 4.02. The Labute approximate surface area is 117 Å². The standard InChI is InChI=1S/C11H12BrN5O2/c1-7(11-14-16-17-15-11)13-10(18)6-19-9-4-2-8(12)3-5-9/h2-5,7H,6H2,1H3,(H,13,18)(H,14,15,16,17). The first-order valence-electron chi connectivity index (χ1n) is 5.56. The van der Waals surface area contributed by atoms with Crippen LogP contribution < -0.4 is 10.1 Å². The van der Waals surface area contributed by atoms with Crippen LogP contribution in [0.1, 0.15) is 18.8 Å². The van der Waals surface area contributed by atoms with E-state index in [0.29, 0.717) is 11.6 Å². The number of H-pyrrole nitrogens is 1. The number of carbonyl (C=O) groups excluding carboxylic acids is 1. The van der Waals surface area contributed by atoms with Gasteiger partial charge in [0, 0.05) is 4.47 Å². The lowest BCUT2D eigenvalue weighted by Gasteiger charge is -2.10. The van der Waals surface area contributed by atoms with E-state index >= 15 is 0 Å². The number of tetrazole rings is 1. The Hall–Kier alpha value is -1.96. The fourth-order valence-electron chi connectivity index (χ4n) is 1.38. The SMILES string of the molecule is CC(NC(=O)COc1ccc(Br)cc1)c1nn[nH]n1. The Morgan fingerprint density at radius 1 is 1.47 bits per heavy atom. The number of hydrogen-bond acceptors (Lipinski definition) is 5. The number of ether oxygens (including phenoxy) is 1. The Morgan fingerprint density at radius 3 is 2.84 bits per heavy atom. The number of carbonyl (C=O) groups is 1. The van der Waals surface area contributed by atoms with Crippen molar-refractivity contribution in [1.82, 2.24) is 25.9 Å². The van der Waals surface area contributed by atoms with Crippen LogP contribution in [0.3, 0.4) is 0 Å². The largest absolute Gasteiger partial charge is 0.484 e. The predicted molar refractivity (Wildman–Crippen MR) is 70.4 cm³/mol. The molecule has 1 amide bonds. The number of benzene rings is 1. The maximum absolute atomic E-state index is 11.7. The zero-order chi connectivity index (χ0) is 13.7. The van der Waals surface area contributed by atoms with Gasteiger partial charge in [-0.15, -0.1) is 10.2 Å². The number of hydrogen-bond donors (Lipinski definition) is 2. The molecule has 2 rings (SSSR count). The van der Waals surface area contributed by atoms with Gasteiger partial charge in [-0.1, -0.05) is 21.1 Å². The summed E-state index contributed by atoms with van der Waals surface area (Å²) in [5, 5.41) is 16.0. The van der Waals surface area contributed by atoms with Gasteiger partial charge in [-0.2, -0.15) is 5.21 Å². The van der Waals surface area contributed by atoms with Crippen LogP contribution >= 0.6 is 15.9 Å². The van der Waals surface area contributed by atoms with Crippen molar-refractivity contribution < 1.29 is 9.53 Å². The van der Waals surface area contributed by atoms with Crippen LogP contribution in [-0.4, -0.2) is 33.1 Å². The van der Waals surface area contributed by atoms with Crippen LogP contribution in [0.2, 0.25) is 0 Å². The average molecular weight is 326 g/mol. The summed E-state index contributed by atoms with van der Waals surface area (Å²) < 4.78 is 6.30. The van der Waals surface area contributed by atoms with E-state index in [1.54, 1.807) is 19.1 Å². The zero-order valence-electron chi connectivity index (χ0n) is 10.1. The number of halogens is 1. The van der Waals surface area contributed by atoms with Gasteiger partial charge in [-0.25, -0.2) is 0 Å². The van der Waals surface area contributed by atoms with Gasteiger partial charge < -0.3 is 10.1 Å². The summed E-state index contributed by atoms with van der Waals surface area (Å²) in [5.41, 5.74) is 0. The minimum atomic E-state index is -0.320. The molecule has 1 unspecified atom stereocenters. The molecule has 1 aromatic carbocycles. The van der Waals surface area contributed by atoms with Crippen LogP contribution in [0.5, 0.6) is 5.75 Å². The Morgan fingerprint density at radius 2 is 2.21 bits per heavy atom. The molecule has 0 aliphatic heterocycles. The van der Waals surface area contributed by atoms with Gasteiger partial charge in [-0.3, -0.25) is 4.79 Å². The van der Waals surface area contributed by atoms with Crippen LogP contribution in [0, 0.1) is 0 Å². The van der Waals surface area contributed by atoms with Gasteiger partial charge in [0.1, 0.15) is 5.75 Å². The van der Waals surface area contributed by atoms with Crippen LogP contribution in [0.4, 0.5) is 0 Å². The molecule has 8 heteroatoms. The summed E-state index contributed by atoms with van der Waals surface area (Å²) in [5.74, 6) is 0.808. The molecular formula is C11H12BrN5O2. The monoisotopic (exact) mass is 325 g/mol. The second-order valence-electron chi connectivity index (χ2n) is 3.80. The maximum Gasteiger partial charge on any atom is 0.258 e. The molecule has 0 bridgehead atoms. The van der Waals surface area contributed by atoms with E-state index in [1.807, 2.05) is 12.1 Å². The van der Waals surface area contributed by atoms with E-state index in [0.717, 1.165) is 4.47 Å². The minimum Gasteiger partial charge on any atom is -0.484 e. The molecule has 0 spiro atoms. The van der Waals surface area contributed by atoms with Gasteiger partial charge in [-0.05, 0) is 31.2 Å². The third-order valence-electron chi connectivity index (χ3n) is 2.31. The highest BCUT2D eigenvalue weighted by Crippen LogP contribution is 2.15. The average Bonchev–Trinajstić information content (AvgIpc) is 2.92. The zero-order valence-corrected chi connectivity index (χ0v) is 11.7. The van der Waals surface area contributed by atoms with Crippen LogP contribution in [0.25, 0.3) is 0 Å². The summed E-state index contributed by atoms with van der Waals surface area (Å²) in [4.78, 5) is 11.7. The molecule has 2 aromatic rings. The van der Waals surface area contributed by atoms with Crippen molar-refractivity contribution in [3.05, 3.63) is 34.6 Å². The smallest absolute Gasteiger partial charge is 0.258 e. The first-order chi connectivity index (χ1) is 9.15. The van der Waals surface area contributed by atoms with E-state index in [2.05, 4.69) is 41.9 Å². The second-order valence-corrected chi connectivity index (χ2v) is 4.72. The van der Waals surface area contributed by atoms with E-state index in [-0.39, 0.29) is 18.6 Å². The van der Waals surface area contributed by atoms with E-state index < -0.39 is 0 Å². The van der Waals surface area contributed by atoms with Crippen molar-refractivity contribution in [1.29, 1.82) is 0 Å². The lowest BCUT2D eigenvalue weighted by Crippen LogP contribution is -2.31. The van der Waals surface area contributed by atoms with E-state index in [1.165, 1.54) is 0 Å². The molecule has 2 N–H and O–H groups in total. The molecule has 1 heterocycles. The van der Waals surface area contributed by atoms with Crippen LogP contribution in [-0.2, 0) is 4.79 Å². The summed E-state index contributed by atoms with van der Waals surface area (Å²) in [6.45, 7) is 1.70. The molecule has 19 heavy (non-hydrogen) atoms. The molecule has 0 fully saturated rings. The van der Waals surface area contributed by atoms with Gasteiger partial charge in [0.05, 0.1) is 6.04 Å². The molecule has 7 nitrogen and oxygen atoms in total. The number of aromatic nitrogens is 4. The topological polar surface area (TPSA) is 92.8 Å². The van der Waals surface area contributed by atoms with Crippen molar-refractivity contribution in [2.24, 2.45) is 0 Å². The Kier molecular flexibility index (Phi) is 4.45. The number of nitrogens with zero attached hydrogens (tertiary/aromatic N) is 3. The fraction of sp³-hybridized carbons (Fsp3) is 0.273. The highest BCUT2D eigenvalue weighted by atomic mass is 79.9. The van der Waals surface area contributed by atoms with Crippen molar-refractivity contribution in [3.63, 3.8) is 0 Å². The Bertz CT molecular complexity index is 529. The van der Waals surface area contributed by atoms with Crippen LogP contribution in [0.15, 0.2) is 28.7 Å². The lowest BCUT2D eigenvalue weighted by molar-refractivity contribution is -0.123. The summed E-state index contributed by atoms with van der Waals surface area (Å²) >= 11 is 3.32. The summed E-state index contributed by atoms with van der Waals surface area (Å²) in [6.07, 6.45) is 0. The predicted octanol–water partition coefficient (Wildman–Crippen LogP) is 1.22. The van der Waals surface area contributed by atoms with Crippen molar-refractivity contribution in [2.45, 2.75) is 13.0 Å². The van der Waals surface area contributed by atoms with Gasteiger partial charge >= 0.3 is 0 Å².